The van der Waals surface area contributed by atoms with E-state index in [2.05, 4.69) is 10.5 Å². The third-order valence-electron chi connectivity index (χ3n) is 4.98. The van der Waals surface area contributed by atoms with Crippen LogP contribution in [0.4, 0.5) is 0 Å². The molecule has 0 spiro atoms. The minimum atomic E-state index is -1.08. The molecular formula is C26H20Cl2N2O6. The van der Waals surface area contributed by atoms with Gasteiger partial charge in [-0.1, -0.05) is 58.7 Å². The standard InChI is InChI=1S/C26H20Cl2N2O6/c27-18-8-11-21(20(28)14-18)34-13-12-29-26(33)23-24(30-36-25(23)17-4-2-1-3-5-17)16-6-9-19(10-7-16)35-15-22(31)32/h1-11,14H,12-13,15H2,(H,29,33)(H,31,32). The van der Waals surface area contributed by atoms with Crippen LogP contribution in [0.2, 0.25) is 10.0 Å². The molecule has 36 heavy (non-hydrogen) atoms. The number of benzene rings is 3. The van der Waals surface area contributed by atoms with Gasteiger partial charge in [0.15, 0.2) is 12.4 Å². The molecule has 184 valence electrons. The van der Waals surface area contributed by atoms with Crippen LogP contribution in [0, 0.1) is 0 Å². The van der Waals surface area contributed by atoms with Gasteiger partial charge in [0.05, 0.1) is 11.6 Å². The lowest BCUT2D eigenvalue weighted by Crippen LogP contribution is -2.28. The van der Waals surface area contributed by atoms with Gasteiger partial charge in [0, 0.05) is 16.1 Å². The van der Waals surface area contributed by atoms with Crippen molar-refractivity contribution in [3.63, 3.8) is 0 Å². The minimum absolute atomic E-state index is 0.171. The highest BCUT2D eigenvalue weighted by molar-refractivity contribution is 6.35. The summed E-state index contributed by atoms with van der Waals surface area (Å²) in [7, 11) is 0. The molecule has 3 aromatic carbocycles. The molecule has 1 heterocycles. The van der Waals surface area contributed by atoms with Gasteiger partial charge < -0.3 is 24.4 Å². The molecule has 4 aromatic rings. The van der Waals surface area contributed by atoms with E-state index in [4.69, 9.17) is 42.3 Å². The lowest BCUT2D eigenvalue weighted by atomic mass is 10.0. The summed E-state index contributed by atoms with van der Waals surface area (Å²) in [6.45, 7) is -0.0962. The van der Waals surface area contributed by atoms with E-state index in [-0.39, 0.29) is 18.7 Å². The summed E-state index contributed by atoms with van der Waals surface area (Å²) >= 11 is 12.0. The summed E-state index contributed by atoms with van der Waals surface area (Å²) in [5.41, 5.74) is 1.87. The number of aromatic nitrogens is 1. The van der Waals surface area contributed by atoms with Gasteiger partial charge in [-0.3, -0.25) is 4.79 Å². The Morgan fingerprint density at radius 2 is 1.69 bits per heavy atom. The fourth-order valence-corrected chi connectivity index (χ4v) is 3.81. The molecule has 8 nitrogen and oxygen atoms in total. The zero-order valence-electron chi connectivity index (χ0n) is 18.7. The van der Waals surface area contributed by atoms with Crippen molar-refractivity contribution in [2.75, 3.05) is 19.8 Å². The Balaban J connectivity index is 1.53. The minimum Gasteiger partial charge on any atom is -0.490 e. The van der Waals surface area contributed by atoms with Crippen molar-refractivity contribution in [3.05, 3.63) is 88.4 Å². The molecule has 0 unspecified atom stereocenters. The van der Waals surface area contributed by atoms with Crippen molar-refractivity contribution < 1.29 is 28.7 Å². The molecule has 0 saturated heterocycles. The number of carbonyl (C=O) groups is 2. The Hall–Kier alpha value is -4.01. The maximum atomic E-state index is 13.3. The van der Waals surface area contributed by atoms with Crippen LogP contribution < -0.4 is 14.8 Å². The smallest absolute Gasteiger partial charge is 0.341 e. The van der Waals surface area contributed by atoms with Crippen LogP contribution in [0.1, 0.15) is 10.4 Å². The Kier molecular flexibility index (Phi) is 8.10. The topological polar surface area (TPSA) is 111 Å². The second-order valence-corrected chi connectivity index (χ2v) is 8.33. The van der Waals surface area contributed by atoms with Gasteiger partial charge in [-0.15, -0.1) is 0 Å². The maximum Gasteiger partial charge on any atom is 0.341 e. The number of carboxylic acids is 1. The molecule has 4 rings (SSSR count). The van der Waals surface area contributed by atoms with Gasteiger partial charge in [-0.05, 0) is 42.5 Å². The van der Waals surface area contributed by atoms with E-state index in [1.165, 1.54) is 0 Å². The van der Waals surface area contributed by atoms with Crippen molar-refractivity contribution in [2.45, 2.75) is 0 Å². The molecule has 0 fully saturated rings. The molecule has 0 aliphatic carbocycles. The fraction of sp³-hybridized carbons (Fsp3) is 0.115. The third kappa shape index (κ3) is 6.16. The number of ether oxygens (including phenoxy) is 2. The van der Waals surface area contributed by atoms with E-state index >= 15 is 0 Å². The van der Waals surface area contributed by atoms with Crippen molar-refractivity contribution in [2.24, 2.45) is 0 Å². The van der Waals surface area contributed by atoms with Gasteiger partial charge in [0.25, 0.3) is 5.91 Å². The number of carbonyl (C=O) groups excluding carboxylic acids is 1. The molecule has 0 atom stereocenters. The molecular weight excluding hydrogens is 507 g/mol. The zero-order chi connectivity index (χ0) is 25.5. The highest BCUT2D eigenvalue weighted by Gasteiger charge is 2.25. The Morgan fingerprint density at radius 1 is 0.944 bits per heavy atom. The average Bonchev–Trinajstić information content (AvgIpc) is 3.32. The third-order valence-corrected chi connectivity index (χ3v) is 5.51. The Labute approximate surface area is 216 Å². The summed E-state index contributed by atoms with van der Waals surface area (Å²) in [4.78, 5) is 24.0. The molecule has 1 aromatic heterocycles. The van der Waals surface area contributed by atoms with Crippen molar-refractivity contribution in [1.29, 1.82) is 0 Å². The first-order valence-electron chi connectivity index (χ1n) is 10.8. The lowest BCUT2D eigenvalue weighted by molar-refractivity contribution is -0.139. The second kappa shape index (κ2) is 11.6. The molecule has 0 aliphatic heterocycles. The van der Waals surface area contributed by atoms with E-state index < -0.39 is 18.5 Å². The SMILES string of the molecule is O=C(O)COc1ccc(-c2noc(-c3ccccc3)c2C(=O)NCCOc2ccc(Cl)cc2Cl)cc1. The molecule has 10 heteroatoms. The number of aliphatic carboxylic acids is 1. The van der Waals surface area contributed by atoms with Gasteiger partial charge >= 0.3 is 5.97 Å². The summed E-state index contributed by atoms with van der Waals surface area (Å²) < 4.78 is 16.4. The predicted octanol–water partition coefficient (Wildman–Crippen LogP) is 5.59. The van der Waals surface area contributed by atoms with E-state index in [1.54, 1.807) is 42.5 Å². The fourth-order valence-electron chi connectivity index (χ4n) is 3.34. The van der Waals surface area contributed by atoms with Crippen molar-refractivity contribution in [1.82, 2.24) is 10.5 Å². The quantitative estimate of drug-likeness (QED) is 0.259. The van der Waals surface area contributed by atoms with Crippen LogP contribution in [0.3, 0.4) is 0 Å². The molecule has 0 radical (unpaired) electrons. The van der Waals surface area contributed by atoms with Gasteiger partial charge in [0.2, 0.25) is 0 Å². The van der Waals surface area contributed by atoms with E-state index in [0.717, 1.165) is 0 Å². The number of nitrogens with one attached hydrogen (secondary N) is 1. The van der Waals surface area contributed by atoms with Crippen LogP contribution in [-0.4, -0.2) is 41.9 Å². The van der Waals surface area contributed by atoms with Crippen LogP contribution in [0.5, 0.6) is 11.5 Å². The van der Waals surface area contributed by atoms with Crippen LogP contribution in [0.15, 0.2) is 77.3 Å². The number of nitrogens with zero attached hydrogens (tertiary/aromatic N) is 1. The molecule has 0 bridgehead atoms. The summed E-state index contributed by atoms with van der Waals surface area (Å²) in [5.74, 6) is -0.337. The largest absolute Gasteiger partial charge is 0.490 e. The monoisotopic (exact) mass is 526 g/mol. The number of amides is 1. The molecule has 1 amide bonds. The average molecular weight is 527 g/mol. The highest BCUT2D eigenvalue weighted by atomic mass is 35.5. The van der Waals surface area contributed by atoms with E-state index in [9.17, 15) is 9.59 Å². The predicted molar refractivity (Wildman–Crippen MR) is 135 cm³/mol. The number of halogens is 2. The number of carboxylic acid groups (broad SMARTS) is 1. The molecule has 0 aliphatic rings. The summed E-state index contributed by atoms with van der Waals surface area (Å²) in [6.07, 6.45) is 0. The van der Waals surface area contributed by atoms with Gasteiger partial charge in [0.1, 0.15) is 29.4 Å². The maximum absolute atomic E-state index is 13.3. The first-order chi connectivity index (χ1) is 17.4. The first-order valence-corrected chi connectivity index (χ1v) is 11.5. The van der Waals surface area contributed by atoms with Crippen LogP contribution >= 0.6 is 23.2 Å². The highest BCUT2D eigenvalue weighted by Crippen LogP contribution is 2.33. The molecule has 0 saturated carbocycles. The first kappa shape index (κ1) is 25.1. The van der Waals surface area contributed by atoms with Crippen LogP contribution in [-0.2, 0) is 4.79 Å². The van der Waals surface area contributed by atoms with E-state index in [0.29, 0.717) is 44.1 Å². The zero-order valence-corrected chi connectivity index (χ0v) is 20.3. The van der Waals surface area contributed by atoms with E-state index in [1.807, 2.05) is 30.3 Å². The van der Waals surface area contributed by atoms with Crippen molar-refractivity contribution in [3.8, 4) is 34.1 Å². The normalized spacial score (nSPS) is 10.6. The Bertz CT molecular complexity index is 1360. The number of hydrogen-bond donors (Lipinski definition) is 2. The molecule has 2 N–H and O–H groups in total. The van der Waals surface area contributed by atoms with Gasteiger partial charge in [-0.25, -0.2) is 4.79 Å². The lowest BCUT2D eigenvalue weighted by Gasteiger charge is -2.10. The van der Waals surface area contributed by atoms with Crippen LogP contribution in [0.25, 0.3) is 22.6 Å². The second-order valence-electron chi connectivity index (χ2n) is 7.49. The summed E-state index contributed by atoms with van der Waals surface area (Å²) in [6, 6.07) is 20.6. The number of rotatable bonds is 10. The van der Waals surface area contributed by atoms with Gasteiger partial charge in [-0.2, -0.15) is 0 Å². The summed E-state index contributed by atoms with van der Waals surface area (Å²) in [5, 5.41) is 16.6. The van der Waals surface area contributed by atoms with Crippen molar-refractivity contribution >= 4 is 35.1 Å². The Morgan fingerprint density at radius 3 is 2.39 bits per heavy atom. The number of hydrogen-bond acceptors (Lipinski definition) is 6.